The number of nitrogens with zero attached hydrogens (tertiary/aromatic N) is 3. The van der Waals surface area contributed by atoms with Crippen LogP contribution in [0.2, 0.25) is 0 Å². The van der Waals surface area contributed by atoms with E-state index in [0.717, 1.165) is 35.4 Å². The lowest BCUT2D eigenvalue weighted by molar-refractivity contribution is 0.314. The topological polar surface area (TPSA) is 54.2 Å². The molecule has 0 atom stereocenters. The summed E-state index contributed by atoms with van der Waals surface area (Å²) in [7, 11) is 1.78. The van der Waals surface area contributed by atoms with E-state index >= 15 is 0 Å². The number of nitrogens with one attached hydrogen (secondary N) is 2. The van der Waals surface area contributed by atoms with Crippen LogP contribution in [0.5, 0.6) is 0 Å². The van der Waals surface area contributed by atoms with E-state index in [2.05, 4.69) is 20.7 Å². The summed E-state index contributed by atoms with van der Waals surface area (Å²) in [6.45, 7) is 3.60. The lowest BCUT2D eigenvalue weighted by Gasteiger charge is -2.26. The minimum Gasteiger partial charge on any atom is -0.356 e. The minimum absolute atomic E-state index is 0.245. The maximum absolute atomic E-state index is 13.0. The second kappa shape index (κ2) is 7.47. The van der Waals surface area contributed by atoms with Gasteiger partial charge in [-0.05, 0) is 49.9 Å². The quantitative estimate of drug-likeness (QED) is 0.655. The molecular weight excluding hydrogens is 305 g/mol. The standard InChI is InChI=1S/C18H24FN5/c1-13-15(11-22-18(20-2)21-10-14-4-3-5-14)12-24(23-13)17-8-6-16(19)7-9-17/h6-9,12,14H,3-5,10-11H2,1-2H3,(H2,20,21,22). The Bertz CT molecular complexity index is 701. The molecule has 0 saturated heterocycles. The molecule has 1 fully saturated rings. The molecule has 0 aliphatic heterocycles. The van der Waals surface area contributed by atoms with Crippen molar-refractivity contribution in [1.82, 2.24) is 20.4 Å². The molecule has 1 aliphatic carbocycles. The van der Waals surface area contributed by atoms with Crippen LogP contribution in [0.4, 0.5) is 4.39 Å². The first-order valence-electron chi connectivity index (χ1n) is 8.41. The van der Waals surface area contributed by atoms with Crippen molar-refractivity contribution in [2.75, 3.05) is 13.6 Å². The summed E-state index contributed by atoms with van der Waals surface area (Å²) < 4.78 is 14.8. The predicted octanol–water partition coefficient (Wildman–Crippen LogP) is 2.78. The summed E-state index contributed by atoms with van der Waals surface area (Å²) in [5.41, 5.74) is 2.88. The molecule has 0 unspecified atom stereocenters. The fourth-order valence-corrected chi connectivity index (χ4v) is 2.73. The maximum atomic E-state index is 13.0. The Labute approximate surface area is 142 Å². The summed E-state index contributed by atoms with van der Waals surface area (Å²) in [5, 5.41) is 11.2. The Kier molecular flexibility index (Phi) is 5.13. The predicted molar refractivity (Wildman–Crippen MR) is 93.8 cm³/mol. The number of aliphatic imine (C=N–C) groups is 1. The second-order valence-corrected chi connectivity index (χ2v) is 6.26. The number of aryl methyl sites for hydroxylation is 1. The van der Waals surface area contributed by atoms with E-state index in [-0.39, 0.29) is 5.82 Å². The van der Waals surface area contributed by atoms with Gasteiger partial charge in [-0.15, -0.1) is 0 Å². The third kappa shape index (κ3) is 3.93. The smallest absolute Gasteiger partial charge is 0.191 e. The summed E-state index contributed by atoms with van der Waals surface area (Å²) in [4.78, 5) is 4.26. The highest BCUT2D eigenvalue weighted by molar-refractivity contribution is 5.79. The van der Waals surface area contributed by atoms with Crippen LogP contribution >= 0.6 is 0 Å². The van der Waals surface area contributed by atoms with Crippen LogP contribution in [-0.2, 0) is 6.54 Å². The zero-order valence-electron chi connectivity index (χ0n) is 14.2. The van der Waals surface area contributed by atoms with Crippen LogP contribution in [0, 0.1) is 18.7 Å². The number of guanidine groups is 1. The lowest BCUT2D eigenvalue weighted by Crippen LogP contribution is -2.40. The van der Waals surface area contributed by atoms with E-state index in [4.69, 9.17) is 0 Å². The van der Waals surface area contributed by atoms with Gasteiger partial charge >= 0.3 is 0 Å². The molecule has 0 bridgehead atoms. The van der Waals surface area contributed by atoms with Crippen molar-refractivity contribution in [3.63, 3.8) is 0 Å². The van der Waals surface area contributed by atoms with Gasteiger partial charge in [0.1, 0.15) is 5.82 Å². The number of hydrogen-bond acceptors (Lipinski definition) is 2. The monoisotopic (exact) mass is 329 g/mol. The van der Waals surface area contributed by atoms with E-state index in [1.54, 1.807) is 23.9 Å². The molecular formula is C18H24FN5. The van der Waals surface area contributed by atoms with Crippen LogP contribution in [0.15, 0.2) is 35.5 Å². The fraction of sp³-hybridized carbons (Fsp3) is 0.444. The number of aromatic nitrogens is 2. The molecule has 24 heavy (non-hydrogen) atoms. The minimum atomic E-state index is -0.245. The molecule has 0 amide bonds. The first-order chi connectivity index (χ1) is 11.7. The molecule has 2 aromatic rings. The van der Waals surface area contributed by atoms with E-state index < -0.39 is 0 Å². The van der Waals surface area contributed by atoms with Crippen molar-refractivity contribution in [1.29, 1.82) is 0 Å². The Morgan fingerprint density at radius 3 is 2.67 bits per heavy atom. The van der Waals surface area contributed by atoms with E-state index in [1.807, 2.05) is 13.1 Å². The largest absolute Gasteiger partial charge is 0.356 e. The van der Waals surface area contributed by atoms with Crippen molar-refractivity contribution < 1.29 is 4.39 Å². The average molecular weight is 329 g/mol. The summed E-state index contributed by atoms with van der Waals surface area (Å²) in [6.07, 6.45) is 5.94. The molecule has 5 nitrogen and oxygen atoms in total. The van der Waals surface area contributed by atoms with Gasteiger partial charge in [0.2, 0.25) is 0 Å². The van der Waals surface area contributed by atoms with Crippen molar-refractivity contribution in [2.24, 2.45) is 10.9 Å². The first kappa shape index (κ1) is 16.5. The van der Waals surface area contributed by atoms with Gasteiger partial charge in [-0.3, -0.25) is 4.99 Å². The molecule has 128 valence electrons. The number of halogens is 1. The van der Waals surface area contributed by atoms with Gasteiger partial charge < -0.3 is 10.6 Å². The van der Waals surface area contributed by atoms with Crippen molar-refractivity contribution in [3.05, 3.63) is 47.5 Å². The van der Waals surface area contributed by atoms with Gasteiger partial charge in [-0.2, -0.15) is 5.10 Å². The van der Waals surface area contributed by atoms with Crippen molar-refractivity contribution >= 4 is 5.96 Å². The summed E-state index contributed by atoms with van der Waals surface area (Å²) >= 11 is 0. The Morgan fingerprint density at radius 1 is 1.29 bits per heavy atom. The van der Waals surface area contributed by atoms with Gasteiger partial charge in [0.05, 0.1) is 11.4 Å². The highest BCUT2D eigenvalue weighted by atomic mass is 19.1. The Hall–Kier alpha value is -2.37. The van der Waals surface area contributed by atoms with Crippen molar-refractivity contribution in [3.8, 4) is 5.69 Å². The van der Waals surface area contributed by atoms with E-state index in [9.17, 15) is 4.39 Å². The molecule has 0 spiro atoms. The number of benzene rings is 1. The van der Waals surface area contributed by atoms with Gasteiger partial charge in [-0.1, -0.05) is 6.42 Å². The molecule has 1 aromatic heterocycles. The van der Waals surface area contributed by atoms with E-state index in [0.29, 0.717) is 6.54 Å². The van der Waals surface area contributed by atoms with Gasteiger partial charge in [0, 0.05) is 31.9 Å². The zero-order chi connectivity index (χ0) is 16.9. The number of rotatable bonds is 5. The molecule has 1 aliphatic rings. The molecule has 1 heterocycles. The normalized spacial score (nSPS) is 15.2. The molecule has 2 N–H and O–H groups in total. The fourth-order valence-electron chi connectivity index (χ4n) is 2.73. The Morgan fingerprint density at radius 2 is 2.04 bits per heavy atom. The second-order valence-electron chi connectivity index (χ2n) is 6.26. The highest BCUT2D eigenvalue weighted by Gasteiger charge is 2.17. The van der Waals surface area contributed by atoms with Crippen molar-refractivity contribution in [2.45, 2.75) is 32.7 Å². The maximum Gasteiger partial charge on any atom is 0.191 e. The third-order valence-corrected chi connectivity index (χ3v) is 4.54. The molecule has 3 rings (SSSR count). The Balaban J connectivity index is 1.59. The zero-order valence-corrected chi connectivity index (χ0v) is 14.2. The SMILES string of the molecule is CN=C(NCc1cn(-c2ccc(F)cc2)nc1C)NCC1CCC1. The van der Waals surface area contributed by atoms with Crippen LogP contribution in [0.1, 0.15) is 30.5 Å². The summed E-state index contributed by atoms with van der Waals surface area (Å²) in [6, 6.07) is 6.32. The molecule has 0 radical (unpaired) electrons. The highest BCUT2D eigenvalue weighted by Crippen LogP contribution is 2.25. The van der Waals surface area contributed by atoms with Crippen LogP contribution in [-0.4, -0.2) is 29.3 Å². The molecule has 1 saturated carbocycles. The van der Waals surface area contributed by atoms with Crippen LogP contribution < -0.4 is 10.6 Å². The molecule has 1 aromatic carbocycles. The van der Waals surface area contributed by atoms with Gasteiger partial charge in [0.25, 0.3) is 0 Å². The average Bonchev–Trinajstić information content (AvgIpc) is 2.90. The molecule has 6 heteroatoms. The van der Waals surface area contributed by atoms with Crippen LogP contribution in [0.25, 0.3) is 5.69 Å². The first-order valence-corrected chi connectivity index (χ1v) is 8.41. The van der Waals surface area contributed by atoms with E-state index in [1.165, 1.54) is 31.4 Å². The lowest BCUT2D eigenvalue weighted by atomic mass is 9.85. The van der Waals surface area contributed by atoms with Crippen LogP contribution in [0.3, 0.4) is 0 Å². The van der Waals surface area contributed by atoms with Gasteiger partial charge in [0.15, 0.2) is 5.96 Å². The summed E-state index contributed by atoms with van der Waals surface area (Å²) in [5.74, 6) is 1.35. The van der Waals surface area contributed by atoms with Gasteiger partial charge in [-0.25, -0.2) is 9.07 Å². The number of hydrogen-bond donors (Lipinski definition) is 2. The third-order valence-electron chi connectivity index (χ3n) is 4.54.